The highest BCUT2D eigenvalue weighted by Gasteiger charge is 2.23. The summed E-state index contributed by atoms with van der Waals surface area (Å²) in [6.45, 7) is 3.34. The van der Waals surface area contributed by atoms with Gasteiger partial charge in [-0.05, 0) is 59.9 Å². The van der Waals surface area contributed by atoms with Crippen molar-refractivity contribution in [3.8, 4) is 0 Å². The van der Waals surface area contributed by atoms with Gasteiger partial charge in [0.05, 0.1) is 5.56 Å². The second kappa shape index (κ2) is 11.7. The Bertz CT molecular complexity index is 1350. The van der Waals surface area contributed by atoms with Gasteiger partial charge in [-0.1, -0.05) is 60.7 Å². The molecule has 4 aromatic rings. The summed E-state index contributed by atoms with van der Waals surface area (Å²) in [6.07, 6.45) is 4.64. The molecule has 0 atom stereocenters. The van der Waals surface area contributed by atoms with Crippen LogP contribution in [0.15, 0.2) is 91.1 Å². The van der Waals surface area contributed by atoms with E-state index in [1.165, 1.54) is 5.56 Å². The van der Waals surface area contributed by atoms with E-state index >= 15 is 0 Å². The van der Waals surface area contributed by atoms with Crippen LogP contribution in [0.4, 0.5) is 5.82 Å². The van der Waals surface area contributed by atoms with Gasteiger partial charge in [-0.2, -0.15) is 0 Å². The normalized spacial score (nSPS) is 13.5. The lowest BCUT2D eigenvalue weighted by Crippen LogP contribution is -2.49. The van der Waals surface area contributed by atoms with Gasteiger partial charge >= 0.3 is 0 Å². The summed E-state index contributed by atoms with van der Waals surface area (Å²) in [5.41, 5.74) is 2.62. The standard InChI is InChI=1S/C31H32N4O2/c36-30(32-17-7-6-10-24-8-2-1-3-9-24)28-15-16-29(33-23-28)34-18-20-35(21-19-34)31(37)27-14-13-25-11-4-5-12-26(25)22-27/h1-5,8-9,11-16,22-23H,6-7,10,17-21H2,(H,32,36). The number of unbranched alkanes of at least 4 members (excludes halogenated alkanes) is 1. The number of hydrogen-bond donors (Lipinski definition) is 1. The molecule has 1 saturated heterocycles. The third-order valence-electron chi connectivity index (χ3n) is 6.92. The molecule has 6 nitrogen and oxygen atoms in total. The van der Waals surface area contributed by atoms with Crippen molar-refractivity contribution in [3.63, 3.8) is 0 Å². The maximum atomic E-state index is 13.1. The predicted molar refractivity (Wildman–Crippen MR) is 148 cm³/mol. The highest BCUT2D eigenvalue weighted by molar-refractivity contribution is 5.98. The second-order valence-corrected chi connectivity index (χ2v) is 9.44. The maximum Gasteiger partial charge on any atom is 0.253 e. The molecule has 0 bridgehead atoms. The molecule has 0 spiro atoms. The van der Waals surface area contributed by atoms with E-state index in [9.17, 15) is 9.59 Å². The Morgan fingerprint density at radius 1 is 0.757 bits per heavy atom. The van der Waals surface area contributed by atoms with Gasteiger partial charge in [0.15, 0.2) is 0 Å². The summed E-state index contributed by atoms with van der Waals surface area (Å²) in [5, 5.41) is 5.20. The molecule has 1 aromatic heterocycles. The second-order valence-electron chi connectivity index (χ2n) is 9.44. The molecule has 1 aliphatic rings. The van der Waals surface area contributed by atoms with Gasteiger partial charge in [-0.15, -0.1) is 0 Å². The highest BCUT2D eigenvalue weighted by Crippen LogP contribution is 2.19. The zero-order valence-electron chi connectivity index (χ0n) is 21.0. The smallest absolute Gasteiger partial charge is 0.253 e. The van der Waals surface area contributed by atoms with Crippen LogP contribution in [0.5, 0.6) is 0 Å². The number of piperazine rings is 1. The van der Waals surface area contributed by atoms with Crippen LogP contribution in [-0.2, 0) is 6.42 Å². The van der Waals surface area contributed by atoms with E-state index in [0.717, 1.165) is 41.4 Å². The summed E-state index contributed by atoms with van der Waals surface area (Å²) in [5.74, 6) is 0.802. The number of hydrogen-bond acceptors (Lipinski definition) is 4. The number of nitrogens with zero attached hydrogens (tertiary/aromatic N) is 3. The number of aromatic nitrogens is 1. The monoisotopic (exact) mass is 492 g/mol. The SMILES string of the molecule is O=C(NCCCCc1ccccc1)c1ccc(N2CCN(C(=O)c3ccc4ccccc4c3)CC2)nc1. The summed E-state index contributed by atoms with van der Waals surface area (Å²) >= 11 is 0. The Morgan fingerprint density at radius 3 is 2.24 bits per heavy atom. The molecule has 37 heavy (non-hydrogen) atoms. The minimum atomic E-state index is -0.0930. The van der Waals surface area contributed by atoms with Gasteiger partial charge < -0.3 is 15.1 Å². The summed E-state index contributed by atoms with van der Waals surface area (Å²) in [6, 6.07) is 28.1. The van der Waals surface area contributed by atoms with Crippen molar-refractivity contribution in [1.29, 1.82) is 0 Å². The topological polar surface area (TPSA) is 65.5 Å². The first-order valence-electron chi connectivity index (χ1n) is 13.0. The van der Waals surface area contributed by atoms with Crippen molar-refractivity contribution in [3.05, 3.63) is 108 Å². The lowest BCUT2D eigenvalue weighted by Gasteiger charge is -2.35. The number of pyridine rings is 1. The molecular weight excluding hydrogens is 460 g/mol. The minimum absolute atomic E-state index is 0.0640. The molecule has 188 valence electrons. The van der Waals surface area contributed by atoms with Gasteiger partial charge in [0.1, 0.15) is 5.82 Å². The van der Waals surface area contributed by atoms with Gasteiger partial charge in [-0.25, -0.2) is 4.98 Å². The summed E-state index contributed by atoms with van der Waals surface area (Å²) in [4.78, 5) is 34.1. The first kappa shape index (κ1) is 24.5. The molecule has 2 amide bonds. The average molecular weight is 493 g/mol. The predicted octanol–water partition coefficient (Wildman–Crippen LogP) is 4.95. The fourth-order valence-electron chi connectivity index (χ4n) is 4.75. The first-order valence-corrected chi connectivity index (χ1v) is 13.0. The highest BCUT2D eigenvalue weighted by atomic mass is 16.2. The molecule has 5 rings (SSSR count). The number of carbonyl (C=O) groups is 2. The zero-order chi connectivity index (χ0) is 25.5. The number of rotatable bonds is 8. The van der Waals surface area contributed by atoms with Crippen LogP contribution >= 0.6 is 0 Å². The number of anilines is 1. The van der Waals surface area contributed by atoms with E-state index in [4.69, 9.17) is 0 Å². The van der Waals surface area contributed by atoms with E-state index in [2.05, 4.69) is 45.5 Å². The third-order valence-corrected chi connectivity index (χ3v) is 6.92. The van der Waals surface area contributed by atoms with Gasteiger partial charge in [0.25, 0.3) is 11.8 Å². The van der Waals surface area contributed by atoms with E-state index < -0.39 is 0 Å². The maximum absolute atomic E-state index is 13.1. The molecule has 1 fully saturated rings. The molecule has 3 aromatic carbocycles. The molecule has 1 aliphatic heterocycles. The van der Waals surface area contributed by atoms with Crippen LogP contribution in [0.2, 0.25) is 0 Å². The third kappa shape index (κ3) is 6.15. The molecule has 1 N–H and O–H groups in total. The molecule has 0 saturated carbocycles. The fourth-order valence-corrected chi connectivity index (χ4v) is 4.75. The van der Waals surface area contributed by atoms with E-state index in [1.807, 2.05) is 59.5 Å². The largest absolute Gasteiger partial charge is 0.353 e. The van der Waals surface area contributed by atoms with E-state index in [0.29, 0.717) is 38.3 Å². The number of aryl methyl sites for hydroxylation is 1. The molecule has 2 heterocycles. The molecule has 0 aliphatic carbocycles. The van der Waals surface area contributed by atoms with Crippen molar-refractivity contribution in [2.24, 2.45) is 0 Å². The minimum Gasteiger partial charge on any atom is -0.353 e. The van der Waals surface area contributed by atoms with Crippen LogP contribution in [-0.4, -0.2) is 54.4 Å². The van der Waals surface area contributed by atoms with Crippen LogP contribution in [0.25, 0.3) is 10.8 Å². The zero-order valence-corrected chi connectivity index (χ0v) is 21.0. The molecule has 0 radical (unpaired) electrons. The quantitative estimate of drug-likeness (QED) is 0.354. The van der Waals surface area contributed by atoms with Crippen molar-refractivity contribution >= 4 is 28.4 Å². The van der Waals surface area contributed by atoms with Crippen molar-refractivity contribution in [2.75, 3.05) is 37.6 Å². The van der Waals surface area contributed by atoms with Crippen molar-refractivity contribution in [2.45, 2.75) is 19.3 Å². The Balaban J connectivity index is 1.07. The molecule has 0 unspecified atom stereocenters. The Kier molecular flexibility index (Phi) is 7.75. The van der Waals surface area contributed by atoms with Gasteiger partial charge in [0.2, 0.25) is 0 Å². The Labute approximate surface area is 217 Å². The number of nitrogens with one attached hydrogen (secondary N) is 1. The van der Waals surface area contributed by atoms with Gasteiger partial charge in [-0.3, -0.25) is 9.59 Å². The number of amides is 2. The molecule has 6 heteroatoms. The van der Waals surface area contributed by atoms with E-state index in [1.54, 1.807) is 6.20 Å². The van der Waals surface area contributed by atoms with Gasteiger partial charge in [0, 0.05) is 44.5 Å². The lowest BCUT2D eigenvalue weighted by molar-refractivity contribution is 0.0746. The summed E-state index contributed by atoms with van der Waals surface area (Å²) < 4.78 is 0. The number of carbonyl (C=O) groups excluding carboxylic acids is 2. The average Bonchev–Trinajstić information content (AvgIpc) is 2.97. The van der Waals surface area contributed by atoms with Crippen LogP contribution in [0, 0.1) is 0 Å². The Hall–Kier alpha value is -4.19. The van der Waals surface area contributed by atoms with Crippen LogP contribution < -0.4 is 10.2 Å². The van der Waals surface area contributed by atoms with Crippen molar-refractivity contribution in [1.82, 2.24) is 15.2 Å². The van der Waals surface area contributed by atoms with Crippen LogP contribution in [0.3, 0.4) is 0 Å². The molecular formula is C31H32N4O2. The number of fused-ring (bicyclic) bond motifs is 1. The lowest BCUT2D eigenvalue weighted by atomic mass is 10.1. The van der Waals surface area contributed by atoms with Crippen molar-refractivity contribution < 1.29 is 9.59 Å². The van der Waals surface area contributed by atoms with Crippen LogP contribution in [0.1, 0.15) is 39.1 Å². The Morgan fingerprint density at radius 2 is 1.49 bits per heavy atom. The fraction of sp³-hybridized carbons (Fsp3) is 0.258. The van der Waals surface area contributed by atoms with E-state index in [-0.39, 0.29) is 11.8 Å². The summed E-state index contributed by atoms with van der Waals surface area (Å²) in [7, 11) is 0. The first-order chi connectivity index (χ1) is 18.2. The number of benzene rings is 3.